The van der Waals surface area contributed by atoms with Crippen LogP contribution in [-0.2, 0) is 24.3 Å². The molecule has 164 valence electrons. The summed E-state index contributed by atoms with van der Waals surface area (Å²) in [6.07, 6.45) is 2.73. The number of amides is 2. The van der Waals surface area contributed by atoms with Gasteiger partial charge in [-0.3, -0.25) is 24.1 Å². The van der Waals surface area contributed by atoms with E-state index >= 15 is 0 Å². The van der Waals surface area contributed by atoms with Gasteiger partial charge in [-0.2, -0.15) is 0 Å². The SMILES string of the molecule is [C-]#[N+]Cn1cc2c3c(cccc31)N(C)C(=O)[C@@H](NC(=O)c1n[nH]c(Cc3ccccc3)n1)C2. The number of aromatic amines is 1. The number of carbonyl (C=O) groups excluding carboxylic acids is 2. The highest BCUT2D eigenvalue weighted by Crippen LogP contribution is 2.34. The smallest absolute Gasteiger partial charge is 0.293 e. The van der Waals surface area contributed by atoms with Crippen molar-refractivity contribution in [2.24, 2.45) is 0 Å². The first-order valence-corrected chi connectivity index (χ1v) is 10.5. The third kappa shape index (κ3) is 3.72. The molecular formula is C24H21N7O2. The highest BCUT2D eigenvalue weighted by molar-refractivity contribution is 6.09. The maximum Gasteiger partial charge on any atom is 0.293 e. The maximum atomic E-state index is 13.2. The summed E-state index contributed by atoms with van der Waals surface area (Å²) in [6.45, 7) is 7.42. The zero-order valence-electron chi connectivity index (χ0n) is 17.9. The number of nitrogens with one attached hydrogen (secondary N) is 2. The van der Waals surface area contributed by atoms with Crippen molar-refractivity contribution >= 4 is 28.4 Å². The summed E-state index contributed by atoms with van der Waals surface area (Å²) in [5.74, 6) is -0.168. The molecule has 2 amide bonds. The predicted molar refractivity (Wildman–Crippen MR) is 123 cm³/mol. The van der Waals surface area contributed by atoms with Crippen molar-refractivity contribution in [3.8, 4) is 0 Å². The first-order chi connectivity index (χ1) is 16.0. The van der Waals surface area contributed by atoms with Crippen LogP contribution >= 0.6 is 0 Å². The van der Waals surface area contributed by atoms with Gasteiger partial charge in [0.25, 0.3) is 12.6 Å². The molecule has 2 aromatic carbocycles. The summed E-state index contributed by atoms with van der Waals surface area (Å²) < 4.78 is 1.87. The molecule has 0 radical (unpaired) electrons. The molecule has 9 heteroatoms. The minimum atomic E-state index is -0.780. The second-order valence-corrected chi connectivity index (χ2v) is 7.99. The fourth-order valence-electron chi connectivity index (χ4n) is 4.31. The minimum absolute atomic E-state index is 0.00568. The maximum absolute atomic E-state index is 13.2. The number of aromatic nitrogens is 4. The summed E-state index contributed by atoms with van der Waals surface area (Å²) in [5.41, 5.74) is 3.61. The third-order valence-corrected chi connectivity index (χ3v) is 5.85. The number of hydrogen-bond acceptors (Lipinski definition) is 4. The normalized spacial score (nSPS) is 15.3. The van der Waals surface area contributed by atoms with Gasteiger partial charge in [0.2, 0.25) is 11.7 Å². The van der Waals surface area contributed by atoms with Crippen molar-refractivity contribution in [3.63, 3.8) is 0 Å². The zero-order chi connectivity index (χ0) is 22.9. The van der Waals surface area contributed by atoms with Gasteiger partial charge in [0, 0.05) is 31.5 Å². The Morgan fingerprint density at radius 1 is 1.24 bits per heavy atom. The van der Waals surface area contributed by atoms with Crippen LogP contribution in [0.25, 0.3) is 15.7 Å². The van der Waals surface area contributed by atoms with Crippen LogP contribution in [0.3, 0.4) is 0 Å². The molecule has 2 N–H and O–H groups in total. The summed E-state index contributed by atoms with van der Waals surface area (Å²) in [6, 6.07) is 14.7. The minimum Gasteiger partial charge on any atom is -0.337 e. The number of nitrogens with zero attached hydrogens (tertiary/aromatic N) is 5. The van der Waals surface area contributed by atoms with Gasteiger partial charge in [-0.15, -0.1) is 5.10 Å². The van der Waals surface area contributed by atoms with Gasteiger partial charge >= 0.3 is 0 Å². The lowest BCUT2D eigenvalue weighted by Crippen LogP contribution is -2.48. The lowest BCUT2D eigenvalue weighted by Gasteiger charge is -2.22. The molecule has 0 fully saturated rings. The van der Waals surface area contributed by atoms with E-state index in [0.717, 1.165) is 27.7 Å². The summed E-state index contributed by atoms with van der Waals surface area (Å²) >= 11 is 0. The first kappa shape index (κ1) is 20.5. The number of H-pyrrole nitrogens is 1. The van der Waals surface area contributed by atoms with E-state index in [9.17, 15) is 9.59 Å². The molecule has 5 rings (SSSR count). The standard InChI is InChI=1S/C24H21N7O2/c1-25-14-31-13-16-12-17(24(33)30(2)18-9-6-10-19(31)21(16)18)26-23(32)22-27-20(28-29-22)11-15-7-4-3-5-8-15/h3-10,13,17H,11-12,14H2,2H3,(H,26,32)(H,27,28,29)/t17-/m0/s1. The first-order valence-electron chi connectivity index (χ1n) is 10.5. The molecule has 0 saturated carbocycles. The lowest BCUT2D eigenvalue weighted by molar-refractivity contribution is -0.120. The molecule has 3 heterocycles. The van der Waals surface area contributed by atoms with Gasteiger partial charge in [-0.05, 0) is 23.3 Å². The molecule has 2 aromatic heterocycles. The van der Waals surface area contributed by atoms with E-state index in [1.807, 2.05) is 59.3 Å². The van der Waals surface area contributed by atoms with Gasteiger partial charge in [-0.1, -0.05) is 36.4 Å². The fourth-order valence-corrected chi connectivity index (χ4v) is 4.31. The van der Waals surface area contributed by atoms with E-state index in [-0.39, 0.29) is 18.4 Å². The fraction of sp³-hybridized carbons (Fsp3) is 0.208. The van der Waals surface area contributed by atoms with Crippen LogP contribution in [0.15, 0.2) is 54.7 Å². The van der Waals surface area contributed by atoms with Gasteiger partial charge in [0.1, 0.15) is 11.9 Å². The monoisotopic (exact) mass is 439 g/mol. The largest absolute Gasteiger partial charge is 0.337 e. The number of anilines is 1. The molecule has 1 aliphatic rings. The van der Waals surface area contributed by atoms with E-state index < -0.39 is 11.9 Å². The quantitative estimate of drug-likeness (QED) is 0.467. The van der Waals surface area contributed by atoms with Gasteiger partial charge in [0.05, 0.1) is 11.2 Å². The summed E-state index contributed by atoms with van der Waals surface area (Å²) in [7, 11) is 1.70. The molecule has 0 bridgehead atoms. The number of hydrogen-bond donors (Lipinski definition) is 2. The second-order valence-electron chi connectivity index (χ2n) is 7.99. The Hall–Kier alpha value is -4.45. The van der Waals surface area contributed by atoms with Gasteiger partial charge in [-0.25, -0.2) is 11.6 Å². The van der Waals surface area contributed by atoms with Crippen LogP contribution in [0.5, 0.6) is 0 Å². The molecule has 33 heavy (non-hydrogen) atoms. The Bertz CT molecular complexity index is 1400. The molecule has 0 unspecified atom stereocenters. The summed E-state index contributed by atoms with van der Waals surface area (Å²) in [4.78, 5) is 35.4. The summed E-state index contributed by atoms with van der Waals surface area (Å²) in [5, 5.41) is 10.6. The van der Waals surface area contributed by atoms with E-state index in [4.69, 9.17) is 6.57 Å². The van der Waals surface area contributed by atoms with E-state index in [0.29, 0.717) is 18.7 Å². The van der Waals surface area contributed by atoms with Crippen molar-refractivity contribution in [2.75, 3.05) is 11.9 Å². The highest BCUT2D eigenvalue weighted by atomic mass is 16.2. The lowest BCUT2D eigenvalue weighted by atomic mass is 10.1. The Balaban J connectivity index is 1.39. The molecule has 9 nitrogen and oxygen atoms in total. The Morgan fingerprint density at radius 3 is 2.85 bits per heavy atom. The Labute approximate surface area is 189 Å². The molecular weight excluding hydrogens is 418 g/mol. The molecule has 0 aliphatic carbocycles. The number of carbonyl (C=O) groups is 2. The molecule has 4 aromatic rings. The van der Waals surface area contributed by atoms with Crippen LogP contribution in [-0.4, -0.2) is 44.7 Å². The highest BCUT2D eigenvalue weighted by Gasteiger charge is 2.32. The van der Waals surface area contributed by atoms with Crippen LogP contribution in [0.4, 0.5) is 5.69 Å². The average Bonchev–Trinajstić information content (AvgIpc) is 3.41. The number of benzene rings is 2. The van der Waals surface area contributed by atoms with Crippen molar-refractivity contribution < 1.29 is 9.59 Å². The van der Waals surface area contributed by atoms with E-state index in [1.54, 1.807) is 11.9 Å². The average molecular weight is 439 g/mol. The molecule has 0 saturated heterocycles. The van der Waals surface area contributed by atoms with Crippen LogP contribution in [0.2, 0.25) is 0 Å². The topological polar surface area (TPSA) is 100 Å². The number of rotatable bonds is 5. The van der Waals surface area contributed by atoms with Crippen molar-refractivity contribution in [3.05, 3.63) is 88.9 Å². The number of likely N-dealkylation sites (N-methyl/N-ethyl adjacent to an activating group) is 1. The van der Waals surface area contributed by atoms with Crippen molar-refractivity contribution in [1.29, 1.82) is 0 Å². The van der Waals surface area contributed by atoms with Gasteiger partial charge < -0.3 is 10.2 Å². The van der Waals surface area contributed by atoms with E-state index in [1.165, 1.54) is 0 Å². The molecule has 0 spiro atoms. The second kappa shape index (κ2) is 8.24. The van der Waals surface area contributed by atoms with Crippen molar-refractivity contribution in [1.82, 2.24) is 25.1 Å². The predicted octanol–water partition coefficient (Wildman–Crippen LogP) is 2.54. The van der Waals surface area contributed by atoms with Crippen LogP contribution in [0.1, 0.15) is 27.6 Å². The third-order valence-electron chi connectivity index (χ3n) is 5.85. The molecule has 1 atom stereocenters. The molecule has 1 aliphatic heterocycles. The zero-order valence-corrected chi connectivity index (χ0v) is 17.9. The van der Waals surface area contributed by atoms with E-state index in [2.05, 4.69) is 25.3 Å². The Morgan fingerprint density at radius 2 is 2.06 bits per heavy atom. The van der Waals surface area contributed by atoms with Crippen LogP contribution < -0.4 is 10.2 Å². The van der Waals surface area contributed by atoms with Crippen LogP contribution in [0, 0.1) is 6.57 Å². The van der Waals surface area contributed by atoms with Gasteiger partial charge in [0.15, 0.2) is 0 Å². The van der Waals surface area contributed by atoms with Crippen molar-refractivity contribution in [2.45, 2.75) is 25.6 Å². The Kier molecular flexibility index (Phi) is 5.11.